The van der Waals surface area contributed by atoms with Crippen molar-refractivity contribution >= 4 is 33.0 Å². The van der Waals surface area contributed by atoms with Gasteiger partial charge >= 0.3 is 0 Å². The molecule has 0 saturated heterocycles. The highest BCUT2D eigenvalue weighted by molar-refractivity contribution is 9.10. The average Bonchev–Trinajstić information content (AvgIpc) is 3.21. The van der Waals surface area contributed by atoms with Crippen LogP contribution in [0.5, 0.6) is 11.6 Å². The van der Waals surface area contributed by atoms with Crippen molar-refractivity contribution in [2.45, 2.75) is 6.61 Å². The number of benzene rings is 2. The van der Waals surface area contributed by atoms with Gasteiger partial charge in [-0.05, 0) is 45.8 Å². The molecular weight excluding hydrogens is 510 g/mol. The summed E-state index contributed by atoms with van der Waals surface area (Å²) in [6.45, 7) is 0.0123. The van der Waals surface area contributed by atoms with E-state index in [4.69, 9.17) is 9.47 Å². The van der Waals surface area contributed by atoms with Gasteiger partial charge in [0.1, 0.15) is 23.6 Å². The van der Waals surface area contributed by atoms with Crippen molar-refractivity contribution in [3.63, 3.8) is 0 Å². The van der Waals surface area contributed by atoms with Gasteiger partial charge in [0.25, 0.3) is 5.91 Å². The molecule has 0 fully saturated rings. The predicted octanol–water partition coefficient (Wildman–Crippen LogP) is 5.49. The van der Waals surface area contributed by atoms with E-state index in [1.54, 1.807) is 36.4 Å². The molecule has 0 atom stereocenters. The molecule has 33 heavy (non-hydrogen) atoms. The van der Waals surface area contributed by atoms with Crippen molar-refractivity contribution in [3.05, 3.63) is 87.5 Å². The van der Waals surface area contributed by atoms with Crippen LogP contribution in [-0.2, 0) is 6.61 Å². The summed E-state index contributed by atoms with van der Waals surface area (Å²) < 4.78 is 67.4. The SMILES string of the molecule is COc1ccc(COc2nn3ccccc3c2C(=O)Nc2c(F)c(F)c(Br)c(F)c2F)cc1. The minimum Gasteiger partial charge on any atom is -0.497 e. The molecule has 2 aromatic heterocycles. The third kappa shape index (κ3) is 4.23. The van der Waals surface area contributed by atoms with E-state index in [1.807, 2.05) is 5.32 Å². The minimum atomic E-state index is -1.76. The maximum absolute atomic E-state index is 14.3. The van der Waals surface area contributed by atoms with E-state index in [-0.39, 0.29) is 23.6 Å². The van der Waals surface area contributed by atoms with Gasteiger partial charge in [-0.2, -0.15) is 0 Å². The number of methoxy groups -OCH3 is 1. The second-order valence-corrected chi connectivity index (χ2v) is 7.54. The van der Waals surface area contributed by atoms with Gasteiger partial charge in [0.05, 0.1) is 17.1 Å². The van der Waals surface area contributed by atoms with Gasteiger partial charge in [-0.15, -0.1) is 5.10 Å². The number of amides is 1. The third-order valence-electron chi connectivity index (χ3n) is 4.72. The van der Waals surface area contributed by atoms with Crippen LogP contribution in [0.25, 0.3) is 5.52 Å². The summed E-state index contributed by atoms with van der Waals surface area (Å²) in [6, 6.07) is 11.7. The molecule has 1 N–H and O–H groups in total. The summed E-state index contributed by atoms with van der Waals surface area (Å²) in [5.74, 6) is -7.45. The van der Waals surface area contributed by atoms with Crippen LogP contribution in [0.2, 0.25) is 0 Å². The van der Waals surface area contributed by atoms with Gasteiger partial charge in [0, 0.05) is 6.20 Å². The summed E-state index contributed by atoms with van der Waals surface area (Å²) >= 11 is 2.43. The highest BCUT2D eigenvalue weighted by Crippen LogP contribution is 2.33. The summed E-state index contributed by atoms with van der Waals surface area (Å²) in [7, 11) is 1.53. The lowest BCUT2D eigenvalue weighted by Crippen LogP contribution is -2.17. The number of carbonyl (C=O) groups is 1. The fraction of sp³-hybridized carbons (Fsp3) is 0.0909. The second kappa shape index (κ2) is 9.10. The first-order valence-electron chi connectivity index (χ1n) is 9.37. The summed E-state index contributed by atoms with van der Waals surface area (Å²) in [5, 5.41) is 6.08. The lowest BCUT2D eigenvalue weighted by Gasteiger charge is -2.11. The van der Waals surface area contributed by atoms with Gasteiger partial charge < -0.3 is 14.8 Å². The van der Waals surface area contributed by atoms with E-state index in [0.29, 0.717) is 5.75 Å². The monoisotopic (exact) mass is 523 g/mol. The van der Waals surface area contributed by atoms with Crippen molar-refractivity contribution in [1.82, 2.24) is 9.61 Å². The smallest absolute Gasteiger partial charge is 0.263 e. The Morgan fingerprint density at radius 2 is 1.70 bits per heavy atom. The number of aromatic nitrogens is 2. The lowest BCUT2D eigenvalue weighted by atomic mass is 10.2. The van der Waals surface area contributed by atoms with Crippen molar-refractivity contribution in [3.8, 4) is 11.6 Å². The van der Waals surface area contributed by atoms with Gasteiger partial charge in [-0.1, -0.05) is 18.2 Å². The van der Waals surface area contributed by atoms with Gasteiger partial charge in [-0.3, -0.25) is 4.79 Å². The van der Waals surface area contributed by atoms with E-state index >= 15 is 0 Å². The number of anilines is 1. The first kappa shape index (κ1) is 22.6. The first-order valence-corrected chi connectivity index (χ1v) is 10.2. The Bertz CT molecular complexity index is 1330. The van der Waals surface area contributed by atoms with Crippen LogP contribution in [0.4, 0.5) is 23.2 Å². The van der Waals surface area contributed by atoms with Gasteiger partial charge in [0.2, 0.25) is 5.88 Å². The van der Waals surface area contributed by atoms with Crippen LogP contribution in [-0.4, -0.2) is 22.6 Å². The Morgan fingerprint density at radius 3 is 2.33 bits per heavy atom. The number of hydrogen-bond acceptors (Lipinski definition) is 4. The molecule has 0 radical (unpaired) electrons. The first-order chi connectivity index (χ1) is 15.8. The number of pyridine rings is 1. The normalized spacial score (nSPS) is 11.0. The molecule has 0 bridgehead atoms. The molecule has 0 aliphatic rings. The van der Waals surface area contributed by atoms with Crippen LogP contribution in [0.1, 0.15) is 15.9 Å². The maximum atomic E-state index is 14.3. The Hall–Kier alpha value is -3.60. The molecule has 2 aromatic carbocycles. The van der Waals surface area contributed by atoms with E-state index in [9.17, 15) is 22.4 Å². The van der Waals surface area contributed by atoms with Crippen molar-refractivity contribution in [2.24, 2.45) is 0 Å². The lowest BCUT2D eigenvalue weighted by molar-refractivity contribution is 0.102. The zero-order valence-corrected chi connectivity index (χ0v) is 18.4. The standard InChI is InChI=1S/C22H14BrF4N3O3/c1-32-12-7-5-11(6-8-12)10-33-22-14(13-4-2-3-9-30(13)29-22)21(31)28-20-18(26)16(24)15(23)17(25)19(20)27/h2-9H,10H2,1H3,(H,28,31). The van der Waals surface area contributed by atoms with Gasteiger partial charge in [-0.25, -0.2) is 22.1 Å². The molecule has 170 valence electrons. The fourth-order valence-corrected chi connectivity index (χ4v) is 3.40. The molecule has 0 aliphatic carbocycles. The van der Waals surface area contributed by atoms with Crippen LogP contribution in [0, 0.1) is 23.3 Å². The number of fused-ring (bicyclic) bond motifs is 1. The van der Waals surface area contributed by atoms with Gasteiger partial charge in [0.15, 0.2) is 23.3 Å². The van der Waals surface area contributed by atoms with Crippen molar-refractivity contribution in [2.75, 3.05) is 12.4 Å². The van der Waals surface area contributed by atoms with Crippen molar-refractivity contribution in [1.29, 1.82) is 0 Å². The van der Waals surface area contributed by atoms with E-state index in [0.717, 1.165) is 5.56 Å². The van der Waals surface area contributed by atoms with Crippen LogP contribution < -0.4 is 14.8 Å². The number of ether oxygens (including phenoxy) is 2. The van der Waals surface area contributed by atoms with E-state index < -0.39 is 39.3 Å². The maximum Gasteiger partial charge on any atom is 0.263 e. The zero-order chi connectivity index (χ0) is 23.7. The van der Waals surface area contributed by atoms with Crippen LogP contribution in [0.3, 0.4) is 0 Å². The van der Waals surface area contributed by atoms with Crippen molar-refractivity contribution < 1.29 is 31.8 Å². The molecule has 11 heteroatoms. The highest BCUT2D eigenvalue weighted by atomic mass is 79.9. The molecule has 2 heterocycles. The predicted molar refractivity (Wildman–Crippen MR) is 114 cm³/mol. The minimum absolute atomic E-state index is 0.0123. The van der Waals surface area contributed by atoms with Crippen LogP contribution >= 0.6 is 15.9 Å². The molecule has 4 aromatic rings. The Kier molecular flexibility index (Phi) is 6.23. The van der Waals surface area contributed by atoms with Crippen LogP contribution in [0.15, 0.2) is 53.1 Å². The van der Waals surface area contributed by atoms with E-state index in [2.05, 4.69) is 21.0 Å². The van der Waals surface area contributed by atoms with E-state index in [1.165, 1.54) is 23.9 Å². The summed E-state index contributed by atoms with van der Waals surface area (Å²) in [6.07, 6.45) is 1.53. The Morgan fingerprint density at radius 1 is 1.03 bits per heavy atom. The number of carbonyl (C=O) groups excluding carboxylic acids is 1. The second-order valence-electron chi connectivity index (χ2n) is 6.75. The molecule has 1 amide bonds. The summed E-state index contributed by atoms with van der Waals surface area (Å²) in [4.78, 5) is 13.0. The number of halogens is 5. The molecule has 6 nitrogen and oxygen atoms in total. The quantitative estimate of drug-likeness (QED) is 0.206. The number of hydrogen-bond donors (Lipinski definition) is 1. The number of rotatable bonds is 6. The molecule has 0 saturated carbocycles. The Labute approximate surface area is 192 Å². The molecule has 0 aliphatic heterocycles. The Balaban J connectivity index is 1.69. The third-order valence-corrected chi connectivity index (χ3v) is 5.41. The summed E-state index contributed by atoms with van der Waals surface area (Å²) in [5.41, 5.74) is -0.465. The largest absolute Gasteiger partial charge is 0.497 e. The fourth-order valence-electron chi connectivity index (χ4n) is 3.06. The average molecular weight is 524 g/mol. The molecule has 0 unspecified atom stereocenters. The zero-order valence-electron chi connectivity index (χ0n) is 16.8. The number of nitrogens with zero attached hydrogens (tertiary/aromatic N) is 2. The molecular formula is C22H14BrF4N3O3. The number of nitrogens with one attached hydrogen (secondary N) is 1. The highest BCUT2D eigenvalue weighted by Gasteiger charge is 2.28. The molecule has 4 rings (SSSR count). The topological polar surface area (TPSA) is 64.9 Å². The molecule has 0 spiro atoms.